The highest BCUT2D eigenvalue weighted by Gasteiger charge is 2.13. The number of benzene rings is 2. The van der Waals surface area contributed by atoms with Crippen molar-refractivity contribution in [1.82, 2.24) is 10.6 Å². The first-order chi connectivity index (χ1) is 14.8. The van der Waals surface area contributed by atoms with Crippen molar-refractivity contribution in [3.8, 4) is 5.75 Å². The van der Waals surface area contributed by atoms with E-state index in [0.717, 1.165) is 5.56 Å². The zero-order chi connectivity index (χ0) is 22.7. The Morgan fingerprint density at radius 3 is 2.52 bits per heavy atom. The van der Waals surface area contributed by atoms with E-state index < -0.39 is 15.9 Å². The molecule has 8 heteroatoms. The van der Waals surface area contributed by atoms with E-state index in [1.54, 1.807) is 30.3 Å². The van der Waals surface area contributed by atoms with Crippen LogP contribution in [0.1, 0.15) is 38.9 Å². The summed E-state index contributed by atoms with van der Waals surface area (Å²) >= 11 is 0. The van der Waals surface area contributed by atoms with Gasteiger partial charge >= 0.3 is 0 Å². The summed E-state index contributed by atoms with van der Waals surface area (Å²) in [6.07, 6.45) is -0.274. The lowest BCUT2D eigenvalue weighted by Gasteiger charge is -2.15. The second-order valence-electron chi connectivity index (χ2n) is 7.39. The van der Waals surface area contributed by atoms with Crippen LogP contribution in [0.15, 0.2) is 64.5 Å². The third kappa shape index (κ3) is 8.59. The number of nitrogens with one attached hydrogen (secondary N) is 2. The van der Waals surface area contributed by atoms with Crippen LogP contribution in [0.4, 0.5) is 0 Å². The van der Waals surface area contributed by atoms with Crippen LogP contribution in [0.5, 0.6) is 5.75 Å². The number of hydrogen-bond donors (Lipinski definition) is 3. The Kier molecular flexibility index (Phi) is 9.81. The second kappa shape index (κ2) is 12.3. The third-order valence-electron chi connectivity index (χ3n) is 4.37. The van der Waals surface area contributed by atoms with E-state index in [2.05, 4.69) is 15.6 Å². The number of guanidine groups is 1. The summed E-state index contributed by atoms with van der Waals surface area (Å²) < 4.78 is 30.4. The van der Waals surface area contributed by atoms with Crippen LogP contribution in [0.2, 0.25) is 0 Å². The molecule has 0 heterocycles. The fourth-order valence-corrected chi connectivity index (χ4v) is 4.24. The molecular formula is C23H33N3O4S. The third-order valence-corrected chi connectivity index (χ3v) is 6.18. The molecule has 0 aliphatic carbocycles. The molecule has 0 radical (unpaired) electrons. The van der Waals surface area contributed by atoms with Gasteiger partial charge in [-0.2, -0.15) is 0 Å². The molecular weight excluding hydrogens is 414 g/mol. The Morgan fingerprint density at radius 2 is 1.84 bits per heavy atom. The lowest BCUT2D eigenvalue weighted by atomic mass is 10.1. The van der Waals surface area contributed by atoms with Gasteiger partial charge in [-0.25, -0.2) is 8.42 Å². The monoisotopic (exact) mass is 447 g/mol. The molecule has 2 aromatic rings. The minimum Gasteiger partial charge on any atom is -0.491 e. The molecule has 1 unspecified atom stereocenters. The second-order valence-corrected chi connectivity index (χ2v) is 9.50. The first kappa shape index (κ1) is 24.7. The Balaban J connectivity index is 1.88. The van der Waals surface area contributed by atoms with Gasteiger partial charge in [0.2, 0.25) is 0 Å². The largest absolute Gasteiger partial charge is 0.491 e. The van der Waals surface area contributed by atoms with E-state index in [1.807, 2.05) is 45.0 Å². The summed E-state index contributed by atoms with van der Waals surface area (Å²) in [7, 11) is -3.30. The molecule has 0 spiro atoms. The molecule has 0 aliphatic rings. The van der Waals surface area contributed by atoms with E-state index in [4.69, 9.17) is 4.74 Å². The number of hydrogen-bond acceptors (Lipinski definition) is 5. The average Bonchev–Trinajstić information content (AvgIpc) is 2.75. The van der Waals surface area contributed by atoms with E-state index in [1.165, 1.54) is 0 Å². The summed E-state index contributed by atoms with van der Waals surface area (Å²) in [6.45, 7) is 7.12. The van der Waals surface area contributed by atoms with Gasteiger partial charge in [0.05, 0.1) is 29.4 Å². The first-order valence-corrected chi connectivity index (χ1v) is 12.2. The highest BCUT2D eigenvalue weighted by molar-refractivity contribution is 7.91. The molecule has 0 fully saturated rings. The lowest BCUT2D eigenvalue weighted by Crippen LogP contribution is -2.38. The van der Waals surface area contributed by atoms with Crippen LogP contribution >= 0.6 is 0 Å². The Labute approximate surface area is 185 Å². The summed E-state index contributed by atoms with van der Waals surface area (Å²) in [5.74, 6) is 1.29. The van der Waals surface area contributed by atoms with Crippen LogP contribution in [-0.2, 0) is 9.84 Å². The molecule has 3 N–H and O–H groups in total. The molecule has 0 aromatic heterocycles. The van der Waals surface area contributed by atoms with Crippen molar-refractivity contribution < 1.29 is 18.3 Å². The van der Waals surface area contributed by atoms with Crippen molar-refractivity contribution >= 4 is 15.8 Å². The van der Waals surface area contributed by atoms with Crippen LogP contribution in [-0.4, -0.2) is 51.0 Å². The topological polar surface area (TPSA) is 100 Å². The van der Waals surface area contributed by atoms with Crippen molar-refractivity contribution in [2.45, 2.75) is 44.3 Å². The normalized spacial score (nSPS) is 13.1. The molecule has 7 nitrogen and oxygen atoms in total. The lowest BCUT2D eigenvalue weighted by molar-refractivity contribution is 0.185. The maximum Gasteiger partial charge on any atom is 0.191 e. The maximum atomic E-state index is 12.4. The van der Waals surface area contributed by atoms with Crippen molar-refractivity contribution in [2.24, 2.45) is 4.99 Å². The van der Waals surface area contributed by atoms with Gasteiger partial charge in [-0.1, -0.05) is 30.3 Å². The van der Waals surface area contributed by atoms with Crippen molar-refractivity contribution in [3.05, 3.63) is 60.2 Å². The summed E-state index contributed by atoms with van der Waals surface area (Å²) in [6, 6.07) is 15.8. The number of sulfone groups is 1. The maximum absolute atomic E-state index is 12.4. The number of aliphatic imine (C=N–C) groups is 1. The minimum absolute atomic E-state index is 0.0503. The quantitative estimate of drug-likeness (QED) is 0.278. The first-order valence-electron chi connectivity index (χ1n) is 10.6. The van der Waals surface area contributed by atoms with Gasteiger partial charge in [-0.05, 0) is 57.0 Å². The Bertz CT molecular complexity index is 931. The molecule has 170 valence electrons. The molecule has 0 saturated carbocycles. The summed E-state index contributed by atoms with van der Waals surface area (Å²) in [4.78, 5) is 4.76. The smallest absolute Gasteiger partial charge is 0.191 e. The van der Waals surface area contributed by atoms with Crippen LogP contribution in [0.3, 0.4) is 0 Å². The average molecular weight is 448 g/mol. The predicted octanol–water partition coefficient (Wildman–Crippen LogP) is 2.93. The number of ether oxygens (including phenoxy) is 1. The molecule has 0 aliphatic heterocycles. The highest BCUT2D eigenvalue weighted by Crippen LogP contribution is 2.20. The molecule has 0 amide bonds. The molecule has 0 bridgehead atoms. The Morgan fingerprint density at radius 1 is 1.10 bits per heavy atom. The van der Waals surface area contributed by atoms with E-state index in [0.29, 0.717) is 36.1 Å². The predicted molar refractivity (Wildman–Crippen MR) is 124 cm³/mol. The van der Waals surface area contributed by atoms with E-state index >= 15 is 0 Å². The molecule has 0 saturated heterocycles. The minimum atomic E-state index is -3.30. The van der Waals surface area contributed by atoms with E-state index in [-0.39, 0.29) is 18.4 Å². The summed E-state index contributed by atoms with van der Waals surface area (Å²) in [5.41, 5.74) is 0.728. The van der Waals surface area contributed by atoms with Crippen LogP contribution in [0.25, 0.3) is 0 Å². The van der Waals surface area contributed by atoms with Gasteiger partial charge in [0.15, 0.2) is 15.8 Å². The molecule has 2 rings (SSSR count). The number of aliphatic hydroxyl groups is 1. The zero-order valence-corrected chi connectivity index (χ0v) is 19.2. The fraction of sp³-hybridized carbons (Fsp3) is 0.435. The van der Waals surface area contributed by atoms with Gasteiger partial charge in [-0.15, -0.1) is 0 Å². The van der Waals surface area contributed by atoms with E-state index in [9.17, 15) is 13.5 Å². The van der Waals surface area contributed by atoms with Gasteiger partial charge in [0, 0.05) is 13.1 Å². The van der Waals surface area contributed by atoms with Gasteiger partial charge < -0.3 is 20.5 Å². The van der Waals surface area contributed by atoms with Crippen molar-refractivity contribution in [1.29, 1.82) is 0 Å². The standard InChI is InChI=1S/C23H33N3O4S/c1-4-24-23(25-14-9-15-31(28,29)21-12-6-5-7-13-21)26-17-22(27)19-10-8-11-20(16-19)30-18(2)3/h5-8,10-13,16,18,22,27H,4,9,14-15,17H2,1-3H3,(H2,24,25,26). The SMILES string of the molecule is CCNC(=NCC(O)c1cccc(OC(C)C)c1)NCCCS(=O)(=O)c1ccccc1. The Hall–Kier alpha value is -2.58. The van der Waals surface area contributed by atoms with Gasteiger partial charge in [0.25, 0.3) is 0 Å². The molecule has 1 atom stereocenters. The molecule has 31 heavy (non-hydrogen) atoms. The van der Waals surface area contributed by atoms with Crippen molar-refractivity contribution in [3.63, 3.8) is 0 Å². The fourth-order valence-electron chi connectivity index (χ4n) is 2.91. The van der Waals surface area contributed by atoms with Crippen LogP contribution in [0, 0.1) is 0 Å². The van der Waals surface area contributed by atoms with Gasteiger partial charge in [0.1, 0.15) is 5.75 Å². The van der Waals surface area contributed by atoms with Gasteiger partial charge in [-0.3, -0.25) is 4.99 Å². The number of aliphatic hydroxyl groups excluding tert-OH is 1. The number of nitrogens with zero attached hydrogens (tertiary/aromatic N) is 1. The number of rotatable bonds is 11. The van der Waals surface area contributed by atoms with Crippen molar-refractivity contribution in [2.75, 3.05) is 25.4 Å². The highest BCUT2D eigenvalue weighted by atomic mass is 32.2. The van der Waals surface area contributed by atoms with Crippen LogP contribution < -0.4 is 15.4 Å². The summed E-state index contributed by atoms with van der Waals surface area (Å²) in [5, 5.41) is 16.7. The zero-order valence-electron chi connectivity index (χ0n) is 18.4. The molecule has 2 aromatic carbocycles.